The fourth-order valence-corrected chi connectivity index (χ4v) is 2.99. The molecule has 3 aromatic carbocycles. The number of rotatable bonds is 7. The zero-order valence-electron chi connectivity index (χ0n) is 15.3. The minimum absolute atomic E-state index is 0.250. The minimum atomic E-state index is -1.30. The van der Waals surface area contributed by atoms with Gasteiger partial charge in [0.05, 0.1) is 6.21 Å². The maximum atomic E-state index is 12.1. The molecule has 0 heterocycles. The van der Waals surface area contributed by atoms with E-state index in [0.717, 1.165) is 5.56 Å². The zero-order valence-corrected chi connectivity index (χ0v) is 16.8. The number of nitrogens with one attached hydrogen (secondary N) is 1. The number of aliphatic hydroxyl groups is 1. The molecule has 0 aliphatic carbocycles. The van der Waals surface area contributed by atoms with Gasteiger partial charge in [0.25, 0.3) is 5.91 Å². The van der Waals surface area contributed by atoms with Gasteiger partial charge in [-0.1, -0.05) is 71.7 Å². The highest BCUT2D eigenvalue weighted by atomic mass is 35.5. The van der Waals surface area contributed by atoms with Crippen LogP contribution in [-0.2, 0) is 11.4 Å². The highest BCUT2D eigenvalue weighted by Gasteiger charge is 2.16. The first-order valence-electron chi connectivity index (χ1n) is 8.76. The Bertz CT molecular complexity index is 1010. The first-order chi connectivity index (χ1) is 14.0. The van der Waals surface area contributed by atoms with Crippen LogP contribution in [0, 0.1) is 0 Å². The largest absolute Gasteiger partial charge is 0.488 e. The third-order valence-corrected chi connectivity index (χ3v) is 4.65. The molecular formula is C22H18Cl2N2O3. The molecule has 0 unspecified atom stereocenters. The van der Waals surface area contributed by atoms with E-state index >= 15 is 0 Å². The van der Waals surface area contributed by atoms with E-state index in [0.29, 0.717) is 26.9 Å². The summed E-state index contributed by atoms with van der Waals surface area (Å²) >= 11 is 12.1. The number of hydrogen-bond acceptors (Lipinski definition) is 4. The van der Waals surface area contributed by atoms with Crippen LogP contribution in [0.5, 0.6) is 5.75 Å². The molecule has 0 aromatic heterocycles. The predicted molar refractivity (Wildman–Crippen MR) is 114 cm³/mol. The Morgan fingerprint density at radius 2 is 1.79 bits per heavy atom. The molecule has 3 rings (SSSR count). The topological polar surface area (TPSA) is 70.9 Å². The van der Waals surface area contributed by atoms with Gasteiger partial charge in [-0.2, -0.15) is 5.10 Å². The lowest BCUT2D eigenvalue weighted by atomic mass is 10.1. The standard InChI is InChI=1S/C22H18Cl2N2O3/c23-18-11-10-17(19(24)12-18)14-29-20-9-5-4-8-16(20)13-25-26-22(28)21(27)15-6-2-1-3-7-15/h1-13,21,27H,14H2,(H,26,28)/b25-13-/t21-/m0/s1. The van der Waals surface area contributed by atoms with Crippen LogP contribution in [0.2, 0.25) is 10.0 Å². The molecule has 5 nitrogen and oxygen atoms in total. The normalized spacial score (nSPS) is 12.0. The van der Waals surface area contributed by atoms with Crippen LogP contribution in [0.25, 0.3) is 0 Å². The van der Waals surface area contributed by atoms with E-state index in [9.17, 15) is 9.90 Å². The number of aliphatic hydroxyl groups excluding tert-OH is 1. The molecule has 0 aliphatic rings. The minimum Gasteiger partial charge on any atom is -0.488 e. The van der Waals surface area contributed by atoms with E-state index < -0.39 is 12.0 Å². The average Bonchev–Trinajstić information content (AvgIpc) is 2.74. The number of carbonyl (C=O) groups is 1. The maximum absolute atomic E-state index is 12.1. The van der Waals surface area contributed by atoms with Crippen molar-refractivity contribution in [2.45, 2.75) is 12.7 Å². The van der Waals surface area contributed by atoms with Gasteiger partial charge in [0.15, 0.2) is 6.10 Å². The van der Waals surface area contributed by atoms with E-state index in [-0.39, 0.29) is 6.61 Å². The Hall–Kier alpha value is -2.86. The van der Waals surface area contributed by atoms with Crippen LogP contribution in [0.4, 0.5) is 0 Å². The van der Waals surface area contributed by atoms with Crippen LogP contribution in [0.15, 0.2) is 77.9 Å². The summed E-state index contributed by atoms with van der Waals surface area (Å²) < 4.78 is 5.84. The SMILES string of the molecule is O=C(N/N=C\c1ccccc1OCc1ccc(Cl)cc1Cl)[C@@H](O)c1ccccc1. The van der Waals surface area contributed by atoms with Crippen LogP contribution >= 0.6 is 23.2 Å². The van der Waals surface area contributed by atoms with Gasteiger partial charge < -0.3 is 9.84 Å². The number of halogens is 2. The van der Waals surface area contributed by atoms with Gasteiger partial charge in [-0.05, 0) is 29.8 Å². The number of carbonyl (C=O) groups excluding carboxylic acids is 1. The van der Waals surface area contributed by atoms with Crippen molar-refractivity contribution in [3.8, 4) is 5.75 Å². The second-order valence-corrected chi connectivity index (χ2v) is 6.95. The summed E-state index contributed by atoms with van der Waals surface area (Å²) in [5, 5.41) is 15.1. The number of hydrogen-bond donors (Lipinski definition) is 2. The van der Waals surface area contributed by atoms with E-state index in [2.05, 4.69) is 10.5 Å². The Labute approximate surface area is 178 Å². The van der Waals surface area contributed by atoms with Gasteiger partial charge in [-0.25, -0.2) is 5.43 Å². The van der Waals surface area contributed by atoms with Crippen molar-refractivity contribution in [3.05, 3.63) is 99.5 Å². The third-order valence-electron chi connectivity index (χ3n) is 4.06. The molecule has 3 aromatic rings. The van der Waals surface area contributed by atoms with Crippen LogP contribution in [0.1, 0.15) is 22.8 Å². The lowest BCUT2D eigenvalue weighted by molar-refractivity contribution is -0.129. The summed E-state index contributed by atoms with van der Waals surface area (Å²) in [4.78, 5) is 12.1. The highest BCUT2D eigenvalue weighted by molar-refractivity contribution is 6.35. The predicted octanol–water partition coefficient (Wildman–Crippen LogP) is 4.76. The van der Waals surface area contributed by atoms with Gasteiger partial charge in [0.1, 0.15) is 12.4 Å². The Morgan fingerprint density at radius 3 is 2.55 bits per heavy atom. The second kappa shape index (κ2) is 10.1. The number of nitrogens with zero attached hydrogens (tertiary/aromatic N) is 1. The van der Waals surface area contributed by atoms with Crippen molar-refractivity contribution in [3.63, 3.8) is 0 Å². The number of para-hydroxylation sites is 1. The van der Waals surface area contributed by atoms with Crippen molar-refractivity contribution in [2.24, 2.45) is 5.10 Å². The summed E-state index contributed by atoms with van der Waals surface area (Å²) in [6.45, 7) is 0.250. The van der Waals surface area contributed by atoms with Gasteiger partial charge >= 0.3 is 0 Å². The molecule has 29 heavy (non-hydrogen) atoms. The fraction of sp³-hybridized carbons (Fsp3) is 0.0909. The maximum Gasteiger partial charge on any atom is 0.273 e. The first-order valence-corrected chi connectivity index (χ1v) is 9.52. The van der Waals surface area contributed by atoms with Crippen molar-refractivity contribution in [1.29, 1.82) is 0 Å². The van der Waals surface area contributed by atoms with Crippen LogP contribution in [0.3, 0.4) is 0 Å². The van der Waals surface area contributed by atoms with E-state index in [1.165, 1.54) is 6.21 Å². The van der Waals surface area contributed by atoms with Gasteiger partial charge in [0.2, 0.25) is 0 Å². The van der Waals surface area contributed by atoms with E-state index in [1.807, 2.05) is 12.1 Å². The molecule has 0 spiro atoms. The lowest BCUT2D eigenvalue weighted by Crippen LogP contribution is -2.25. The molecule has 0 saturated heterocycles. The van der Waals surface area contributed by atoms with E-state index in [4.69, 9.17) is 27.9 Å². The second-order valence-electron chi connectivity index (χ2n) is 6.11. The number of ether oxygens (including phenoxy) is 1. The van der Waals surface area contributed by atoms with Gasteiger partial charge in [0, 0.05) is 21.2 Å². The first kappa shape index (κ1) is 20.9. The molecule has 2 N–H and O–H groups in total. The molecule has 0 radical (unpaired) electrons. The quantitative estimate of drug-likeness (QED) is 0.421. The van der Waals surface area contributed by atoms with E-state index in [1.54, 1.807) is 60.7 Å². The summed E-state index contributed by atoms with van der Waals surface area (Å²) in [7, 11) is 0. The van der Waals surface area contributed by atoms with Gasteiger partial charge in [-0.15, -0.1) is 0 Å². The fourth-order valence-electron chi connectivity index (χ4n) is 2.53. The Morgan fingerprint density at radius 1 is 1.07 bits per heavy atom. The molecule has 1 atom stereocenters. The molecule has 1 amide bonds. The Balaban J connectivity index is 1.63. The lowest BCUT2D eigenvalue weighted by Gasteiger charge is -2.11. The molecule has 148 valence electrons. The molecule has 7 heteroatoms. The third kappa shape index (κ3) is 5.81. The Kier molecular flexibility index (Phi) is 7.25. The van der Waals surface area contributed by atoms with Gasteiger partial charge in [-0.3, -0.25) is 4.79 Å². The van der Waals surface area contributed by atoms with Crippen molar-refractivity contribution < 1.29 is 14.6 Å². The smallest absolute Gasteiger partial charge is 0.273 e. The van der Waals surface area contributed by atoms with Crippen LogP contribution < -0.4 is 10.2 Å². The summed E-state index contributed by atoms with van der Waals surface area (Å²) in [6, 6.07) is 21.1. The molecule has 0 aliphatic heterocycles. The highest BCUT2D eigenvalue weighted by Crippen LogP contribution is 2.24. The molecule has 0 bridgehead atoms. The monoisotopic (exact) mass is 428 g/mol. The average molecular weight is 429 g/mol. The van der Waals surface area contributed by atoms with Crippen molar-refractivity contribution >= 4 is 35.3 Å². The van der Waals surface area contributed by atoms with Crippen LogP contribution in [-0.4, -0.2) is 17.2 Å². The molecule has 0 saturated carbocycles. The van der Waals surface area contributed by atoms with Crippen molar-refractivity contribution in [1.82, 2.24) is 5.43 Å². The molecule has 0 fully saturated rings. The number of hydrazone groups is 1. The zero-order chi connectivity index (χ0) is 20.6. The number of benzene rings is 3. The van der Waals surface area contributed by atoms with Crippen molar-refractivity contribution in [2.75, 3.05) is 0 Å². The summed E-state index contributed by atoms with van der Waals surface area (Å²) in [5.74, 6) is -0.0566. The molecular weight excluding hydrogens is 411 g/mol. The summed E-state index contributed by atoms with van der Waals surface area (Å²) in [5.41, 5.74) is 4.28. The summed E-state index contributed by atoms with van der Waals surface area (Å²) in [6.07, 6.45) is 0.154. The number of amides is 1.